The Hall–Kier alpha value is -4.66. The molecule has 0 saturated heterocycles. The molecule has 0 radical (unpaired) electrons. The fourth-order valence-electron chi connectivity index (χ4n) is 4.48. The second-order valence-electron chi connectivity index (χ2n) is 9.12. The lowest BCUT2D eigenvalue weighted by Crippen LogP contribution is -2.14. The van der Waals surface area contributed by atoms with E-state index in [9.17, 15) is 4.79 Å². The number of nitrogens with one attached hydrogen (secondary N) is 1. The van der Waals surface area contributed by atoms with Crippen LogP contribution in [0.4, 0.5) is 5.69 Å². The summed E-state index contributed by atoms with van der Waals surface area (Å²) in [7, 11) is 1.61. The molecule has 0 fully saturated rings. The lowest BCUT2D eigenvalue weighted by molar-refractivity contribution is -0.113. The van der Waals surface area contributed by atoms with Gasteiger partial charge >= 0.3 is 0 Å². The molecule has 4 aromatic carbocycles. The summed E-state index contributed by atoms with van der Waals surface area (Å²) >= 11 is 7.47. The van der Waals surface area contributed by atoms with E-state index in [4.69, 9.17) is 21.3 Å². The number of benzene rings is 4. The van der Waals surface area contributed by atoms with Crippen molar-refractivity contribution in [1.82, 2.24) is 19.7 Å². The minimum Gasteiger partial charge on any atom is -0.497 e. The number of anilines is 1. The van der Waals surface area contributed by atoms with Crippen molar-refractivity contribution in [2.24, 2.45) is 0 Å². The molecule has 0 aliphatic rings. The summed E-state index contributed by atoms with van der Waals surface area (Å²) in [6.45, 7) is 0. The van der Waals surface area contributed by atoms with Crippen LogP contribution in [-0.4, -0.2) is 38.5 Å². The van der Waals surface area contributed by atoms with Gasteiger partial charge in [0.1, 0.15) is 5.75 Å². The van der Waals surface area contributed by atoms with Gasteiger partial charge in [-0.25, -0.2) is 4.98 Å². The van der Waals surface area contributed by atoms with E-state index in [2.05, 4.69) is 15.5 Å². The zero-order chi connectivity index (χ0) is 28.2. The Labute approximate surface area is 246 Å². The Morgan fingerprint density at radius 3 is 2.39 bits per heavy atom. The van der Waals surface area contributed by atoms with E-state index >= 15 is 0 Å². The lowest BCUT2D eigenvalue weighted by atomic mass is 10.0. The van der Waals surface area contributed by atoms with Crippen molar-refractivity contribution in [3.8, 4) is 34.1 Å². The third-order valence-corrected chi connectivity index (χ3v) is 7.63. The molecule has 6 aromatic rings. The number of ether oxygens (including phenoxy) is 1. The van der Waals surface area contributed by atoms with Gasteiger partial charge in [-0.2, -0.15) is 0 Å². The van der Waals surface area contributed by atoms with Gasteiger partial charge in [0.25, 0.3) is 0 Å². The van der Waals surface area contributed by atoms with Crippen LogP contribution in [0, 0.1) is 0 Å². The molecule has 0 saturated carbocycles. The third kappa shape index (κ3) is 5.79. The van der Waals surface area contributed by atoms with E-state index in [0.717, 1.165) is 39.2 Å². The summed E-state index contributed by atoms with van der Waals surface area (Å²) < 4.78 is 7.18. The average Bonchev–Trinajstić information content (AvgIpc) is 3.44. The number of hydrogen-bond donors (Lipinski definition) is 1. The van der Waals surface area contributed by atoms with Crippen molar-refractivity contribution >= 4 is 45.9 Å². The maximum absolute atomic E-state index is 12.8. The van der Waals surface area contributed by atoms with Crippen LogP contribution in [0.2, 0.25) is 5.02 Å². The van der Waals surface area contributed by atoms with E-state index in [0.29, 0.717) is 21.7 Å². The average molecular weight is 578 g/mol. The Kier molecular flexibility index (Phi) is 7.67. The summed E-state index contributed by atoms with van der Waals surface area (Å²) in [6, 6.07) is 34.7. The molecule has 7 nitrogen and oxygen atoms in total. The molecular formula is C32H24ClN5O2S. The molecule has 0 aliphatic carbocycles. The fourth-order valence-corrected chi connectivity index (χ4v) is 5.36. The minimum absolute atomic E-state index is 0.149. The monoisotopic (exact) mass is 577 g/mol. The molecule has 0 aliphatic heterocycles. The van der Waals surface area contributed by atoms with Gasteiger partial charge in [0.2, 0.25) is 5.91 Å². The van der Waals surface area contributed by atoms with Crippen LogP contribution in [0.5, 0.6) is 5.75 Å². The Balaban J connectivity index is 1.38. The molecule has 0 atom stereocenters. The molecule has 202 valence electrons. The van der Waals surface area contributed by atoms with Crippen LogP contribution >= 0.6 is 23.4 Å². The Bertz CT molecular complexity index is 1820. The lowest BCUT2D eigenvalue weighted by Gasteiger charge is -2.13. The number of methoxy groups -OCH3 is 1. The second-order valence-corrected chi connectivity index (χ2v) is 10.5. The van der Waals surface area contributed by atoms with Crippen LogP contribution < -0.4 is 10.1 Å². The van der Waals surface area contributed by atoms with Crippen molar-refractivity contribution < 1.29 is 9.53 Å². The van der Waals surface area contributed by atoms with Crippen molar-refractivity contribution in [1.29, 1.82) is 0 Å². The number of hydrogen-bond acceptors (Lipinski definition) is 6. The van der Waals surface area contributed by atoms with Gasteiger partial charge in [-0.05, 0) is 60.7 Å². The van der Waals surface area contributed by atoms with Gasteiger partial charge in [0.05, 0.1) is 24.1 Å². The molecule has 1 N–H and O–H groups in total. The van der Waals surface area contributed by atoms with Gasteiger partial charge in [-0.15, -0.1) is 10.2 Å². The number of carbonyl (C=O) groups is 1. The zero-order valence-corrected chi connectivity index (χ0v) is 23.6. The van der Waals surface area contributed by atoms with Gasteiger partial charge in [-0.1, -0.05) is 71.9 Å². The van der Waals surface area contributed by atoms with Gasteiger partial charge in [0.15, 0.2) is 11.0 Å². The quantitative estimate of drug-likeness (QED) is 0.188. The highest BCUT2D eigenvalue weighted by Gasteiger charge is 2.20. The van der Waals surface area contributed by atoms with Crippen LogP contribution in [0.1, 0.15) is 0 Å². The number of rotatable bonds is 8. The second kappa shape index (κ2) is 11.8. The zero-order valence-electron chi connectivity index (χ0n) is 22.0. The molecule has 6 rings (SSSR count). The maximum atomic E-state index is 12.8. The minimum atomic E-state index is -0.149. The molecule has 1 amide bonds. The molecule has 0 unspecified atom stereocenters. The Morgan fingerprint density at radius 2 is 1.63 bits per heavy atom. The van der Waals surface area contributed by atoms with E-state index in [1.807, 2.05) is 89.5 Å². The van der Waals surface area contributed by atoms with Crippen molar-refractivity contribution in [2.75, 3.05) is 18.2 Å². The highest BCUT2D eigenvalue weighted by atomic mass is 35.5. The topological polar surface area (TPSA) is 81.9 Å². The number of para-hydroxylation sites is 2. The highest BCUT2D eigenvalue weighted by Crippen LogP contribution is 2.35. The van der Waals surface area contributed by atoms with Crippen molar-refractivity contribution in [3.63, 3.8) is 0 Å². The first-order valence-corrected chi connectivity index (χ1v) is 14.2. The first kappa shape index (κ1) is 26.6. The molecule has 0 bridgehead atoms. The van der Waals surface area contributed by atoms with E-state index in [1.54, 1.807) is 31.4 Å². The normalized spacial score (nSPS) is 11.0. The number of thioether (sulfide) groups is 1. The number of halogens is 1. The number of amides is 1. The number of nitrogens with zero attached hydrogens (tertiary/aromatic N) is 4. The van der Waals surface area contributed by atoms with Crippen molar-refractivity contribution in [3.05, 3.63) is 114 Å². The van der Waals surface area contributed by atoms with Gasteiger partial charge in [-0.3, -0.25) is 9.36 Å². The first-order chi connectivity index (χ1) is 20.1. The fraction of sp³-hybridized carbons (Fsp3) is 0.0625. The molecule has 9 heteroatoms. The molecule has 0 spiro atoms. The number of pyridine rings is 1. The predicted molar refractivity (Wildman–Crippen MR) is 165 cm³/mol. The standard InChI is InChI=1S/C32H24ClN5O2S/c1-40-25-17-15-23(16-18-25)34-30(39)20-41-32-37-36-31(38(32)24-7-3-2-4-8-24)27-19-29(21-11-13-22(33)14-12-21)35-28-10-6-5-9-26(27)28/h2-19H,20H2,1H3,(H,34,39). The summed E-state index contributed by atoms with van der Waals surface area (Å²) in [5, 5.41) is 14.3. The summed E-state index contributed by atoms with van der Waals surface area (Å²) in [4.78, 5) is 17.7. The molecule has 2 heterocycles. The predicted octanol–water partition coefficient (Wildman–Crippen LogP) is 7.54. The van der Waals surface area contributed by atoms with Crippen LogP contribution in [0.15, 0.2) is 114 Å². The summed E-state index contributed by atoms with van der Waals surface area (Å²) in [6.07, 6.45) is 0. The van der Waals surface area contributed by atoms with Crippen molar-refractivity contribution in [2.45, 2.75) is 5.16 Å². The number of aromatic nitrogens is 4. The van der Waals surface area contributed by atoms with Crippen LogP contribution in [0.25, 0.3) is 39.2 Å². The van der Waals surface area contributed by atoms with Crippen LogP contribution in [-0.2, 0) is 4.79 Å². The maximum Gasteiger partial charge on any atom is 0.234 e. The first-order valence-electron chi connectivity index (χ1n) is 12.8. The highest BCUT2D eigenvalue weighted by molar-refractivity contribution is 7.99. The smallest absolute Gasteiger partial charge is 0.234 e. The van der Waals surface area contributed by atoms with Gasteiger partial charge in [0, 0.05) is 32.9 Å². The summed E-state index contributed by atoms with van der Waals surface area (Å²) in [5.74, 6) is 1.39. The van der Waals surface area contributed by atoms with E-state index in [-0.39, 0.29) is 11.7 Å². The number of fused-ring (bicyclic) bond motifs is 1. The summed E-state index contributed by atoms with van der Waals surface area (Å²) in [5.41, 5.74) is 5.04. The van der Waals surface area contributed by atoms with E-state index in [1.165, 1.54) is 11.8 Å². The van der Waals surface area contributed by atoms with Crippen LogP contribution in [0.3, 0.4) is 0 Å². The largest absolute Gasteiger partial charge is 0.497 e. The number of carbonyl (C=O) groups excluding carboxylic acids is 1. The third-order valence-electron chi connectivity index (χ3n) is 6.45. The molecule has 41 heavy (non-hydrogen) atoms. The molecular weight excluding hydrogens is 554 g/mol. The van der Waals surface area contributed by atoms with Gasteiger partial charge < -0.3 is 10.1 Å². The Morgan fingerprint density at radius 1 is 0.902 bits per heavy atom. The SMILES string of the molecule is COc1ccc(NC(=O)CSc2nnc(-c3cc(-c4ccc(Cl)cc4)nc4ccccc34)n2-c2ccccc2)cc1. The van der Waals surface area contributed by atoms with E-state index < -0.39 is 0 Å². The molecule has 2 aromatic heterocycles.